The Hall–Kier alpha value is -2.13. The van der Waals surface area contributed by atoms with Gasteiger partial charge in [-0.05, 0) is 24.3 Å². The topological polar surface area (TPSA) is 96.0 Å². The highest BCUT2D eigenvalue weighted by atomic mass is 32.2. The molecule has 0 saturated carbocycles. The van der Waals surface area contributed by atoms with Crippen LogP contribution in [0.1, 0.15) is 13.3 Å². The molecule has 1 heterocycles. The summed E-state index contributed by atoms with van der Waals surface area (Å²) in [6, 6.07) is 6.24. The Morgan fingerprint density at radius 1 is 1.12 bits per heavy atom. The largest absolute Gasteiger partial charge is 0.497 e. The van der Waals surface area contributed by atoms with Crippen molar-refractivity contribution in [2.45, 2.75) is 18.2 Å². The zero-order valence-corrected chi connectivity index (χ0v) is 15.2. The van der Waals surface area contributed by atoms with Crippen LogP contribution < -0.4 is 10.1 Å². The quantitative estimate of drug-likeness (QED) is 0.765. The molecule has 9 heteroatoms. The molecule has 138 valence electrons. The molecular weight excluding hydrogens is 346 g/mol. The molecule has 2 amide bonds. The zero-order valence-electron chi connectivity index (χ0n) is 14.4. The molecular formula is C16H23N3O5S. The van der Waals surface area contributed by atoms with Crippen molar-refractivity contribution in [1.82, 2.24) is 14.5 Å². The molecule has 1 aliphatic rings. The molecule has 0 atom stereocenters. The van der Waals surface area contributed by atoms with E-state index in [1.165, 1.54) is 30.5 Å². The molecule has 2 rings (SSSR count). The Morgan fingerprint density at radius 3 is 2.24 bits per heavy atom. The van der Waals surface area contributed by atoms with E-state index in [1.54, 1.807) is 17.0 Å². The lowest BCUT2D eigenvalue weighted by Crippen LogP contribution is -2.50. The highest BCUT2D eigenvalue weighted by Crippen LogP contribution is 2.20. The van der Waals surface area contributed by atoms with Gasteiger partial charge in [-0.3, -0.25) is 9.59 Å². The first-order chi connectivity index (χ1) is 11.8. The number of hydrogen-bond donors (Lipinski definition) is 1. The minimum atomic E-state index is -3.58. The van der Waals surface area contributed by atoms with Gasteiger partial charge in [0.05, 0.1) is 12.0 Å². The number of rotatable bonds is 6. The first kappa shape index (κ1) is 19.2. The van der Waals surface area contributed by atoms with Crippen LogP contribution >= 0.6 is 0 Å². The summed E-state index contributed by atoms with van der Waals surface area (Å²) in [5, 5.41) is 2.58. The molecule has 8 nitrogen and oxygen atoms in total. The number of piperazine rings is 1. The number of benzene rings is 1. The number of amides is 2. The van der Waals surface area contributed by atoms with E-state index in [0.717, 1.165) is 0 Å². The number of methoxy groups -OCH3 is 1. The number of sulfonamides is 1. The smallest absolute Gasteiger partial charge is 0.243 e. The average molecular weight is 369 g/mol. The third-order valence-corrected chi connectivity index (χ3v) is 5.91. The van der Waals surface area contributed by atoms with Gasteiger partial charge in [0.1, 0.15) is 5.75 Å². The van der Waals surface area contributed by atoms with Crippen LogP contribution in [0.15, 0.2) is 29.2 Å². The average Bonchev–Trinajstić information content (AvgIpc) is 2.61. The SMILES string of the molecule is COc1ccc(S(=O)(=O)N2CCN(C(=O)CCNC(C)=O)CC2)cc1. The Balaban J connectivity index is 1.91. The highest BCUT2D eigenvalue weighted by Gasteiger charge is 2.29. The summed E-state index contributed by atoms with van der Waals surface area (Å²) in [7, 11) is -2.06. The molecule has 0 radical (unpaired) electrons. The van der Waals surface area contributed by atoms with Gasteiger partial charge in [-0.15, -0.1) is 0 Å². The van der Waals surface area contributed by atoms with Crippen molar-refractivity contribution in [3.05, 3.63) is 24.3 Å². The second kappa shape index (κ2) is 8.30. The molecule has 1 aromatic carbocycles. The lowest BCUT2D eigenvalue weighted by Gasteiger charge is -2.34. The fraction of sp³-hybridized carbons (Fsp3) is 0.500. The maximum absolute atomic E-state index is 12.6. The van der Waals surface area contributed by atoms with E-state index in [9.17, 15) is 18.0 Å². The summed E-state index contributed by atoms with van der Waals surface area (Å²) >= 11 is 0. The van der Waals surface area contributed by atoms with Crippen LogP contribution in [0.4, 0.5) is 0 Å². The van der Waals surface area contributed by atoms with Crippen LogP contribution in [0.5, 0.6) is 5.75 Å². The third kappa shape index (κ3) is 4.93. The first-order valence-electron chi connectivity index (χ1n) is 8.01. The van der Waals surface area contributed by atoms with Gasteiger partial charge in [0.2, 0.25) is 21.8 Å². The van der Waals surface area contributed by atoms with Crippen molar-refractivity contribution in [3.8, 4) is 5.75 Å². The van der Waals surface area contributed by atoms with E-state index in [2.05, 4.69) is 5.32 Å². The number of nitrogens with one attached hydrogen (secondary N) is 1. The van der Waals surface area contributed by atoms with Gasteiger partial charge >= 0.3 is 0 Å². The molecule has 1 N–H and O–H groups in total. The predicted molar refractivity (Wildman–Crippen MR) is 91.6 cm³/mol. The fourth-order valence-electron chi connectivity index (χ4n) is 2.58. The van der Waals surface area contributed by atoms with Gasteiger partial charge < -0.3 is 15.0 Å². The van der Waals surface area contributed by atoms with Gasteiger partial charge in [0, 0.05) is 46.1 Å². The van der Waals surface area contributed by atoms with Crippen molar-refractivity contribution in [1.29, 1.82) is 0 Å². The summed E-state index contributed by atoms with van der Waals surface area (Å²) in [6.45, 7) is 2.87. The minimum absolute atomic E-state index is 0.0877. The van der Waals surface area contributed by atoms with E-state index in [-0.39, 0.29) is 36.2 Å². The minimum Gasteiger partial charge on any atom is -0.497 e. The lowest BCUT2D eigenvalue weighted by molar-refractivity contribution is -0.132. The second-order valence-corrected chi connectivity index (χ2v) is 7.63. The summed E-state index contributed by atoms with van der Waals surface area (Å²) in [5.41, 5.74) is 0. The molecule has 0 unspecified atom stereocenters. The van der Waals surface area contributed by atoms with Crippen molar-refractivity contribution >= 4 is 21.8 Å². The fourth-order valence-corrected chi connectivity index (χ4v) is 4.00. The van der Waals surface area contributed by atoms with Gasteiger partial charge in [-0.1, -0.05) is 0 Å². The summed E-state index contributed by atoms with van der Waals surface area (Å²) < 4.78 is 31.7. The molecule has 0 aromatic heterocycles. The van der Waals surface area contributed by atoms with Crippen LogP contribution in [0.3, 0.4) is 0 Å². The van der Waals surface area contributed by atoms with Crippen LogP contribution in [0, 0.1) is 0 Å². The number of nitrogens with zero attached hydrogens (tertiary/aromatic N) is 2. The Labute approximate surface area is 147 Å². The van der Waals surface area contributed by atoms with Gasteiger partial charge in [0.15, 0.2) is 0 Å². The van der Waals surface area contributed by atoms with Crippen LogP contribution in [-0.2, 0) is 19.6 Å². The van der Waals surface area contributed by atoms with Gasteiger partial charge in [0.25, 0.3) is 0 Å². The van der Waals surface area contributed by atoms with Gasteiger partial charge in [-0.25, -0.2) is 8.42 Å². The van der Waals surface area contributed by atoms with Crippen molar-refractivity contribution < 1.29 is 22.7 Å². The lowest BCUT2D eigenvalue weighted by atomic mass is 10.3. The Bertz CT molecular complexity index is 710. The van der Waals surface area contributed by atoms with E-state index in [4.69, 9.17) is 4.74 Å². The molecule has 1 fully saturated rings. The monoisotopic (exact) mass is 369 g/mol. The van der Waals surface area contributed by atoms with Crippen LogP contribution in [-0.4, -0.2) is 69.3 Å². The molecule has 1 saturated heterocycles. The molecule has 1 aromatic rings. The van der Waals surface area contributed by atoms with E-state index >= 15 is 0 Å². The van der Waals surface area contributed by atoms with Crippen LogP contribution in [0.2, 0.25) is 0 Å². The standard InChI is InChI=1S/C16H23N3O5S/c1-13(20)17-8-7-16(21)18-9-11-19(12-10-18)25(22,23)15-5-3-14(24-2)4-6-15/h3-6H,7-12H2,1-2H3,(H,17,20). The summed E-state index contributed by atoms with van der Waals surface area (Å²) in [5.74, 6) is 0.326. The molecule has 0 spiro atoms. The number of hydrogen-bond acceptors (Lipinski definition) is 5. The zero-order chi connectivity index (χ0) is 18.4. The maximum atomic E-state index is 12.6. The van der Waals surface area contributed by atoms with Crippen molar-refractivity contribution in [3.63, 3.8) is 0 Å². The number of carbonyl (C=O) groups excluding carboxylic acids is 2. The third-order valence-electron chi connectivity index (χ3n) is 4.00. The molecule has 0 aliphatic carbocycles. The summed E-state index contributed by atoms with van der Waals surface area (Å²) in [6.07, 6.45) is 0.213. The Kier molecular flexibility index (Phi) is 6.38. The highest BCUT2D eigenvalue weighted by molar-refractivity contribution is 7.89. The van der Waals surface area contributed by atoms with E-state index in [1.807, 2.05) is 0 Å². The van der Waals surface area contributed by atoms with Crippen LogP contribution in [0.25, 0.3) is 0 Å². The van der Waals surface area contributed by atoms with Crippen molar-refractivity contribution in [2.75, 3.05) is 39.8 Å². The van der Waals surface area contributed by atoms with Crippen molar-refractivity contribution in [2.24, 2.45) is 0 Å². The maximum Gasteiger partial charge on any atom is 0.243 e. The number of carbonyl (C=O) groups is 2. The van der Waals surface area contributed by atoms with E-state index < -0.39 is 10.0 Å². The molecule has 1 aliphatic heterocycles. The first-order valence-corrected chi connectivity index (χ1v) is 9.45. The normalized spacial score (nSPS) is 15.7. The number of ether oxygens (including phenoxy) is 1. The molecule has 25 heavy (non-hydrogen) atoms. The summed E-state index contributed by atoms with van der Waals surface area (Å²) in [4.78, 5) is 24.7. The van der Waals surface area contributed by atoms with Gasteiger partial charge in [-0.2, -0.15) is 4.31 Å². The second-order valence-electron chi connectivity index (χ2n) is 5.69. The van der Waals surface area contributed by atoms with E-state index in [0.29, 0.717) is 25.4 Å². The Morgan fingerprint density at radius 2 is 1.72 bits per heavy atom. The predicted octanol–water partition coefficient (Wildman–Crippen LogP) is 0.0543. The molecule has 0 bridgehead atoms.